The van der Waals surface area contributed by atoms with Gasteiger partial charge in [0, 0.05) is 10.6 Å². The van der Waals surface area contributed by atoms with E-state index in [0.29, 0.717) is 10.6 Å². The monoisotopic (exact) mass is 297 g/mol. The van der Waals surface area contributed by atoms with Gasteiger partial charge in [-0.05, 0) is 36.2 Å². The first-order valence-electron chi connectivity index (χ1n) is 5.86. The zero-order chi connectivity index (χ0) is 13.9. The van der Waals surface area contributed by atoms with Crippen LogP contribution in [-0.4, -0.2) is 13.5 Å². The molecule has 0 aliphatic heterocycles. The largest absolute Gasteiger partial charge is 0.391 e. The Balaban J connectivity index is 2.20. The summed E-state index contributed by atoms with van der Waals surface area (Å²) in [5.74, 6) is 0. The maximum atomic E-state index is 12.1. The van der Waals surface area contributed by atoms with Gasteiger partial charge in [0.15, 0.2) is 0 Å². The van der Waals surface area contributed by atoms with Gasteiger partial charge in [-0.2, -0.15) is 0 Å². The number of thiophene rings is 1. The predicted molar refractivity (Wildman–Crippen MR) is 76.9 cm³/mol. The minimum absolute atomic E-state index is 0.147. The number of aliphatic hydroxyl groups is 1. The van der Waals surface area contributed by atoms with E-state index in [1.807, 2.05) is 19.1 Å². The summed E-state index contributed by atoms with van der Waals surface area (Å²) in [5, 5.41) is 8.96. The summed E-state index contributed by atoms with van der Waals surface area (Å²) >= 11 is 1.07. The molecule has 1 aromatic heterocycles. The molecule has 0 bridgehead atoms. The molecular weight excluding hydrogens is 282 g/mol. The molecule has 1 aromatic carbocycles. The van der Waals surface area contributed by atoms with E-state index in [0.717, 1.165) is 23.3 Å². The van der Waals surface area contributed by atoms with Crippen molar-refractivity contribution in [2.24, 2.45) is 0 Å². The van der Waals surface area contributed by atoms with Gasteiger partial charge in [0.25, 0.3) is 10.0 Å². The molecule has 102 valence electrons. The molecule has 0 saturated heterocycles. The number of aliphatic hydroxyl groups excluding tert-OH is 1. The molecule has 4 nitrogen and oxygen atoms in total. The number of hydrogen-bond donors (Lipinski definition) is 2. The molecular formula is C13H15NO3S2. The molecule has 2 N–H and O–H groups in total. The lowest BCUT2D eigenvalue weighted by Gasteiger charge is -2.06. The second kappa shape index (κ2) is 5.73. The maximum absolute atomic E-state index is 12.1. The molecule has 0 unspecified atom stereocenters. The van der Waals surface area contributed by atoms with Crippen LogP contribution in [0.2, 0.25) is 0 Å². The molecule has 0 saturated carbocycles. The standard InChI is InChI=1S/C13H15NO3S2/c1-2-10-3-5-11(6-4-10)14-19(16,17)13-8-7-12(9-15)18-13/h3-8,14-15H,2,9H2,1H3. The predicted octanol–water partition coefficient (Wildman–Crippen LogP) is 2.60. The minimum atomic E-state index is -3.56. The van der Waals surface area contributed by atoms with Crippen molar-refractivity contribution in [3.63, 3.8) is 0 Å². The van der Waals surface area contributed by atoms with Crippen molar-refractivity contribution in [1.29, 1.82) is 0 Å². The normalized spacial score (nSPS) is 11.5. The molecule has 0 radical (unpaired) electrons. The van der Waals surface area contributed by atoms with Gasteiger partial charge in [-0.15, -0.1) is 11.3 Å². The fourth-order valence-corrected chi connectivity index (χ4v) is 3.88. The Labute approximate surface area is 116 Å². The number of aryl methyl sites for hydroxylation is 1. The summed E-state index contributed by atoms with van der Waals surface area (Å²) < 4.78 is 26.9. The molecule has 0 atom stereocenters. The average molecular weight is 297 g/mol. The summed E-state index contributed by atoms with van der Waals surface area (Å²) in [6.07, 6.45) is 0.914. The lowest BCUT2D eigenvalue weighted by molar-refractivity contribution is 0.285. The van der Waals surface area contributed by atoms with Gasteiger partial charge in [-0.3, -0.25) is 4.72 Å². The Morgan fingerprint density at radius 2 is 1.84 bits per heavy atom. The number of rotatable bonds is 5. The zero-order valence-electron chi connectivity index (χ0n) is 10.5. The molecule has 2 aromatic rings. The molecule has 0 spiro atoms. The molecule has 19 heavy (non-hydrogen) atoms. The van der Waals surface area contributed by atoms with Gasteiger partial charge in [0.2, 0.25) is 0 Å². The SMILES string of the molecule is CCc1ccc(NS(=O)(=O)c2ccc(CO)s2)cc1. The molecule has 0 fully saturated rings. The lowest BCUT2D eigenvalue weighted by Crippen LogP contribution is -2.11. The van der Waals surface area contributed by atoms with Gasteiger partial charge in [-0.1, -0.05) is 19.1 Å². The van der Waals surface area contributed by atoms with Crippen molar-refractivity contribution < 1.29 is 13.5 Å². The van der Waals surface area contributed by atoms with Crippen LogP contribution < -0.4 is 4.72 Å². The van der Waals surface area contributed by atoms with E-state index in [1.54, 1.807) is 18.2 Å². The third-order valence-corrected chi connectivity index (χ3v) is 5.62. The van der Waals surface area contributed by atoms with E-state index >= 15 is 0 Å². The highest BCUT2D eigenvalue weighted by atomic mass is 32.2. The van der Waals surface area contributed by atoms with E-state index in [2.05, 4.69) is 4.72 Å². The fraction of sp³-hybridized carbons (Fsp3) is 0.231. The van der Waals surface area contributed by atoms with E-state index in [-0.39, 0.29) is 10.8 Å². The van der Waals surface area contributed by atoms with Crippen LogP contribution in [-0.2, 0) is 23.1 Å². The van der Waals surface area contributed by atoms with Gasteiger partial charge in [0.05, 0.1) is 6.61 Å². The molecule has 0 amide bonds. The van der Waals surface area contributed by atoms with Crippen LogP contribution >= 0.6 is 11.3 Å². The number of sulfonamides is 1. The number of anilines is 1. The fourth-order valence-electron chi connectivity index (χ4n) is 1.60. The van der Waals surface area contributed by atoms with E-state index in [4.69, 9.17) is 5.11 Å². The van der Waals surface area contributed by atoms with E-state index in [1.165, 1.54) is 6.07 Å². The van der Waals surface area contributed by atoms with Crippen molar-refractivity contribution in [1.82, 2.24) is 0 Å². The first-order chi connectivity index (χ1) is 9.05. The lowest BCUT2D eigenvalue weighted by atomic mass is 10.2. The van der Waals surface area contributed by atoms with E-state index in [9.17, 15) is 8.42 Å². The third kappa shape index (κ3) is 3.34. The van der Waals surface area contributed by atoms with Crippen LogP contribution in [0.3, 0.4) is 0 Å². The second-order valence-electron chi connectivity index (χ2n) is 4.03. The Hall–Kier alpha value is -1.37. The molecule has 0 aliphatic rings. The highest BCUT2D eigenvalue weighted by Gasteiger charge is 2.16. The number of hydrogen-bond acceptors (Lipinski definition) is 4. The van der Waals surface area contributed by atoms with Crippen molar-refractivity contribution in [3.8, 4) is 0 Å². The molecule has 2 rings (SSSR count). The summed E-state index contributed by atoms with van der Waals surface area (Å²) in [6, 6.07) is 10.4. The van der Waals surface area contributed by atoms with Gasteiger partial charge < -0.3 is 5.11 Å². The first kappa shape index (κ1) is 14.0. The Morgan fingerprint density at radius 3 is 2.37 bits per heavy atom. The highest BCUT2D eigenvalue weighted by Crippen LogP contribution is 2.24. The summed E-state index contributed by atoms with van der Waals surface area (Å²) in [5.41, 5.74) is 1.69. The summed E-state index contributed by atoms with van der Waals surface area (Å²) in [4.78, 5) is 0.627. The average Bonchev–Trinajstić information content (AvgIpc) is 2.89. The van der Waals surface area contributed by atoms with E-state index < -0.39 is 10.0 Å². The first-order valence-corrected chi connectivity index (χ1v) is 8.16. The Bertz CT molecular complexity index is 645. The topological polar surface area (TPSA) is 66.4 Å². The number of nitrogens with one attached hydrogen (secondary N) is 1. The second-order valence-corrected chi connectivity index (χ2v) is 7.11. The summed E-state index contributed by atoms with van der Waals surface area (Å²) in [6.45, 7) is 1.90. The highest BCUT2D eigenvalue weighted by molar-refractivity contribution is 7.94. The van der Waals surface area contributed by atoms with Crippen molar-refractivity contribution >= 4 is 27.0 Å². The Kier molecular flexibility index (Phi) is 4.24. The smallest absolute Gasteiger partial charge is 0.271 e. The van der Waals surface area contributed by atoms with Crippen LogP contribution in [0.25, 0.3) is 0 Å². The van der Waals surface area contributed by atoms with Crippen LogP contribution in [0.1, 0.15) is 17.4 Å². The maximum Gasteiger partial charge on any atom is 0.271 e. The zero-order valence-corrected chi connectivity index (χ0v) is 12.1. The van der Waals surface area contributed by atoms with Crippen LogP contribution in [0, 0.1) is 0 Å². The van der Waals surface area contributed by atoms with Gasteiger partial charge in [-0.25, -0.2) is 8.42 Å². The van der Waals surface area contributed by atoms with Crippen molar-refractivity contribution in [3.05, 3.63) is 46.8 Å². The molecule has 0 aliphatic carbocycles. The minimum Gasteiger partial charge on any atom is -0.391 e. The third-order valence-electron chi connectivity index (χ3n) is 2.67. The Morgan fingerprint density at radius 1 is 1.16 bits per heavy atom. The summed E-state index contributed by atoms with van der Waals surface area (Å²) in [7, 11) is -3.56. The molecule has 1 heterocycles. The van der Waals surface area contributed by atoms with Gasteiger partial charge in [0.1, 0.15) is 4.21 Å². The van der Waals surface area contributed by atoms with Gasteiger partial charge >= 0.3 is 0 Å². The number of benzene rings is 1. The molecule has 6 heteroatoms. The van der Waals surface area contributed by atoms with Crippen LogP contribution in [0.5, 0.6) is 0 Å². The van der Waals surface area contributed by atoms with Crippen molar-refractivity contribution in [2.45, 2.75) is 24.2 Å². The van der Waals surface area contributed by atoms with Crippen molar-refractivity contribution in [2.75, 3.05) is 4.72 Å². The van der Waals surface area contributed by atoms with Crippen LogP contribution in [0.4, 0.5) is 5.69 Å². The van der Waals surface area contributed by atoms with Crippen LogP contribution in [0.15, 0.2) is 40.6 Å². The quantitative estimate of drug-likeness (QED) is 0.891.